The lowest BCUT2D eigenvalue weighted by Crippen LogP contribution is -2.26. The Morgan fingerprint density at radius 1 is 1.37 bits per heavy atom. The zero-order chi connectivity index (χ0) is 19.1. The minimum atomic E-state index is -0.301. The summed E-state index contributed by atoms with van der Waals surface area (Å²) in [6, 6.07) is 3.90. The Morgan fingerprint density at radius 3 is 2.96 bits per heavy atom. The van der Waals surface area contributed by atoms with Crippen LogP contribution in [0, 0.1) is 13.8 Å². The lowest BCUT2D eigenvalue weighted by atomic mass is 10.1. The second-order valence-electron chi connectivity index (χ2n) is 6.74. The number of hydrogen-bond acceptors (Lipinski definition) is 3. The van der Waals surface area contributed by atoms with Crippen LogP contribution in [0.1, 0.15) is 33.7 Å². The molecule has 0 saturated carbocycles. The van der Waals surface area contributed by atoms with E-state index < -0.39 is 0 Å². The van der Waals surface area contributed by atoms with E-state index in [4.69, 9.17) is 27.9 Å². The lowest BCUT2D eigenvalue weighted by Gasteiger charge is -2.14. The summed E-state index contributed by atoms with van der Waals surface area (Å²) in [5, 5.41) is 9.19. The maximum Gasteiger partial charge on any atom is 0.273 e. The second-order valence-corrected chi connectivity index (χ2v) is 7.53. The van der Waals surface area contributed by atoms with Crippen molar-refractivity contribution in [3.05, 3.63) is 44.7 Å². The molecule has 0 radical (unpaired) electrons. The molecule has 142 valence electrons. The van der Waals surface area contributed by atoms with E-state index in [1.807, 2.05) is 26.0 Å². The Hall–Kier alpha value is -2.18. The quantitative estimate of drug-likeness (QED) is 0.686. The number of halogens is 2. The third-order valence-corrected chi connectivity index (χ3v) is 5.56. The minimum Gasteiger partial charge on any atom is -0.477 e. The van der Waals surface area contributed by atoms with Crippen molar-refractivity contribution < 1.29 is 9.53 Å². The summed E-state index contributed by atoms with van der Waals surface area (Å²) >= 11 is 12.7. The van der Waals surface area contributed by atoms with Crippen molar-refractivity contribution in [2.45, 2.75) is 33.2 Å². The number of nitrogens with zero attached hydrogens (tertiary/aromatic N) is 2. The van der Waals surface area contributed by atoms with Crippen molar-refractivity contribution >= 4 is 40.0 Å². The standard InChI is InChI=1S/C19H20Cl2N4O2/c1-10-4-5-13(20)14-12(11(2)23-16(10)14)6-7-22-18(26)17-15(21)19-25(24-17)8-3-9-27-19/h4-5,23H,3,6-9H2,1-2H3,(H,22,26). The molecule has 1 amide bonds. The first-order chi connectivity index (χ1) is 13.0. The molecule has 4 rings (SSSR count). The minimum absolute atomic E-state index is 0.207. The summed E-state index contributed by atoms with van der Waals surface area (Å²) < 4.78 is 7.15. The van der Waals surface area contributed by atoms with Gasteiger partial charge in [0, 0.05) is 30.6 Å². The first-order valence-corrected chi connectivity index (χ1v) is 9.66. The third kappa shape index (κ3) is 3.17. The van der Waals surface area contributed by atoms with Crippen LogP contribution in [0.4, 0.5) is 0 Å². The van der Waals surface area contributed by atoms with Crippen LogP contribution in [-0.2, 0) is 13.0 Å². The van der Waals surface area contributed by atoms with Gasteiger partial charge in [0.1, 0.15) is 5.02 Å². The van der Waals surface area contributed by atoms with Gasteiger partial charge in [0.25, 0.3) is 5.91 Å². The highest BCUT2D eigenvalue weighted by molar-refractivity contribution is 6.36. The molecule has 2 aromatic heterocycles. The predicted molar refractivity (Wildman–Crippen MR) is 106 cm³/mol. The van der Waals surface area contributed by atoms with Crippen LogP contribution >= 0.6 is 23.2 Å². The molecule has 6 nitrogen and oxygen atoms in total. The maximum atomic E-state index is 12.5. The average molecular weight is 407 g/mol. The molecular formula is C19H20Cl2N4O2. The summed E-state index contributed by atoms with van der Waals surface area (Å²) in [6.07, 6.45) is 1.51. The molecule has 0 fully saturated rings. The summed E-state index contributed by atoms with van der Waals surface area (Å²) in [5.74, 6) is 0.174. The second kappa shape index (κ2) is 7.09. The molecule has 0 unspecified atom stereocenters. The van der Waals surface area contributed by atoms with Gasteiger partial charge in [-0.05, 0) is 37.5 Å². The zero-order valence-electron chi connectivity index (χ0n) is 15.2. The maximum absolute atomic E-state index is 12.5. The molecule has 2 N–H and O–H groups in total. The van der Waals surface area contributed by atoms with Crippen LogP contribution in [0.25, 0.3) is 10.9 Å². The Labute approximate surface area is 166 Å². The van der Waals surface area contributed by atoms with Crippen LogP contribution in [0.5, 0.6) is 5.88 Å². The predicted octanol–water partition coefficient (Wildman–Crippen LogP) is 4.04. The Kier molecular flexibility index (Phi) is 4.78. The number of nitrogens with one attached hydrogen (secondary N) is 2. The van der Waals surface area contributed by atoms with Gasteiger partial charge >= 0.3 is 0 Å². The SMILES string of the molecule is Cc1[nH]c2c(C)ccc(Cl)c2c1CCNC(=O)c1nn2c(c1Cl)OCCC2. The van der Waals surface area contributed by atoms with Gasteiger partial charge in [-0.3, -0.25) is 4.79 Å². The van der Waals surface area contributed by atoms with Crippen molar-refractivity contribution in [1.82, 2.24) is 20.1 Å². The Morgan fingerprint density at radius 2 is 2.19 bits per heavy atom. The van der Waals surface area contributed by atoms with Gasteiger partial charge in [-0.2, -0.15) is 5.10 Å². The van der Waals surface area contributed by atoms with Crippen LogP contribution in [0.3, 0.4) is 0 Å². The van der Waals surface area contributed by atoms with Gasteiger partial charge in [-0.25, -0.2) is 4.68 Å². The summed E-state index contributed by atoms with van der Waals surface area (Å²) in [7, 11) is 0. The third-order valence-electron chi connectivity index (χ3n) is 4.91. The first kappa shape index (κ1) is 18.2. The molecule has 0 saturated heterocycles. The van der Waals surface area contributed by atoms with Gasteiger partial charge in [-0.1, -0.05) is 29.3 Å². The van der Waals surface area contributed by atoms with Gasteiger partial charge in [0.2, 0.25) is 5.88 Å². The first-order valence-electron chi connectivity index (χ1n) is 8.91. The van der Waals surface area contributed by atoms with Gasteiger partial charge in [0.05, 0.1) is 17.1 Å². The fourth-order valence-corrected chi connectivity index (χ4v) is 4.07. The smallest absolute Gasteiger partial charge is 0.273 e. The van der Waals surface area contributed by atoms with Crippen molar-refractivity contribution in [3.8, 4) is 5.88 Å². The van der Waals surface area contributed by atoms with Crippen molar-refractivity contribution in [3.63, 3.8) is 0 Å². The van der Waals surface area contributed by atoms with Gasteiger partial charge in [-0.15, -0.1) is 0 Å². The molecule has 1 aromatic carbocycles. The van der Waals surface area contributed by atoms with Gasteiger partial charge < -0.3 is 15.0 Å². The fraction of sp³-hybridized carbons (Fsp3) is 0.368. The summed E-state index contributed by atoms with van der Waals surface area (Å²) in [4.78, 5) is 15.9. The van der Waals surface area contributed by atoms with E-state index in [1.165, 1.54) is 0 Å². The number of ether oxygens (including phenoxy) is 1. The Balaban J connectivity index is 1.50. The highest BCUT2D eigenvalue weighted by Crippen LogP contribution is 2.32. The van der Waals surface area contributed by atoms with E-state index in [9.17, 15) is 4.79 Å². The topological polar surface area (TPSA) is 71.9 Å². The van der Waals surface area contributed by atoms with E-state index in [0.717, 1.165) is 34.1 Å². The van der Waals surface area contributed by atoms with Gasteiger partial charge in [0.15, 0.2) is 5.69 Å². The highest BCUT2D eigenvalue weighted by atomic mass is 35.5. The highest BCUT2D eigenvalue weighted by Gasteiger charge is 2.25. The summed E-state index contributed by atoms with van der Waals surface area (Å²) in [5.41, 5.74) is 4.56. The van der Waals surface area contributed by atoms with Crippen LogP contribution in [-0.4, -0.2) is 33.8 Å². The lowest BCUT2D eigenvalue weighted by molar-refractivity contribution is 0.0948. The molecule has 3 aromatic rings. The van der Waals surface area contributed by atoms with Crippen LogP contribution in [0.15, 0.2) is 12.1 Å². The number of carbonyl (C=O) groups excluding carboxylic acids is 1. The van der Waals surface area contributed by atoms with E-state index >= 15 is 0 Å². The number of carbonyl (C=O) groups is 1. The number of rotatable bonds is 4. The van der Waals surface area contributed by atoms with Crippen LogP contribution < -0.4 is 10.1 Å². The largest absolute Gasteiger partial charge is 0.477 e. The van der Waals surface area contributed by atoms with Crippen molar-refractivity contribution in [1.29, 1.82) is 0 Å². The fourth-order valence-electron chi connectivity index (χ4n) is 3.53. The molecule has 27 heavy (non-hydrogen) atoms. The zero-order valence-corrected chi connectivity index (χ0v) is 16.7. The number of H-pyrrole nitrogens is 1. The summed E-state index contributed by atoms with van der Waals surface area (Å²) in [6.45, 7) is 5.81. The molecule has 0 atom stereocenters. The molecule has 8 heteroatoms. The molecular weight excluding hydrogens is 387 g/mol. The van der Waals surface area contributed by atoms with E-state index in [2.05, 4.69) is 15.4 Å². The molecule has 1 aliphatic heterocycles. The number of aryl methyl sites for hydroxylation is 3. The van der Waals surface area contributed by atoms with Crippen LogP contribution in [0.2, 0.25) is 10.0 Å². The van der Waals surface area contributed by atoms with E-state index in [1.54, 1.807) is 4.68 Å². The molecule has 3 heterocycles. The molecule has 0 bridgehead atoms. The van der Waals surface area contributed by atoms with E-state index in [-0.39, 0.29) is 16.6 Å². The normalized spacial score (nSPS) is 13.5. The van der Waals surface area contributed by atoms with Crippen molar-refractivity contribution in [2.24, 2.45) is 0 Å². The van der Waals surface area contributed by atoms with E-state index in [0.29, 0.717) is 37.0 Å². The molecule has 0 spiro atoms. The number of hydrogen-bond donors (Lipinski definition) is 2. The Bertz CT molecular complexity index is 1040. The number of fused-ring (bicyclic) bond motifs is 2. The van der Waals surface area contributed by atoms with Crippen molar-refractivity contribution in [2.75, 3.05) is 13.2 Å². The number of aromatic nitrogens is 3. The number of benzene rings is 1. The average Bonchev–Trinajstić information content (AvgIpc) is 3.17. The molecule has 1 aliphatic rings. The monoisotopic (exact) mass is 406 g/mol. The number of aromatic amines is 1. The molecule has 0 aliphatic carbocycles. The number of amides is 1.